The zero-order valence-electron chi connectivity index (χ0n) is 7.40. The van der Waals surface area contributed by atoms with Crippen molar-refractivity contribution in [3.05, 3.63) is 37.3 Å². The average Bonchev–Trinajstić information content (AvgIpc) is 2.04. The van der Waals surface area contributed by atoms with Gasteiger partial charge in [-0.1, -0.05) is 18.2 Å². The lowest BCUT2D eigenvalue weighted by atomic mass is 10.3. The van der Waals surface area contributed by atoms with E-state index in [0.29, 0.717) is 5.75 Å². The number of carbonyl (C=O) groups excluding carboxylic acids is 1. The lowest BCUT2D eigenvalue weighted by Gasteiger charge is -2.13. The molecule has 0 N–H and O–H groups in total. The molecular formula is C10H11O3. The molecule has 1 unspecified atom stereocenters. The second-order valence-corrected chi connectivity index (χ2v) is 2.47. The third-order valence-corrected chi connectivity index (χ3v) is 1.31. The Balaban J connectivity index is 2.45. The fraction of sp³-hybridized carbons (Fsp3) is 0.200. The van der Waals surface area contributed by atoms with Crippen molar-refractivity contribution in [2.24, 2.45) is 0 Å². The molecule has 0 aliphatic rings. The van der Waals surface area contributed by atoms with Gasteiger partial charge in [0.2, 0.25) is 6.29 Å². The van der Waals surface area contributed by atoms with Gasteiger partial charge in [0.25, 0.3) is 0 Å². The molecule has 0 aromatic heterocycles. The van der Waals surface area contributed by atoms with Gasteiger partial charge >= 0.3 is 5.97 Å². The Morgan fingerprint density at radius 1 is 1.38 bits per heavy atom. The van der Waals surface area contributed by atoms with Gasteiger partial charge in [-0.15, -0.1) is 0 Å². The van der Waals surface area contributed by atoms with Crippen LogP contribution in [0.3, 0.4) is 0 Å². The molecule has 1 atom stereocenters. The molecule has 1 radical (unpaired) electrons. The maximum absolute atomic E-state index is 10.5. The number of rotatable bonds is 3. The van der Waals surface area contributed by atoms with E-state index in [4.69, 9.17) is 4.74 Å². The minimum absolute atomic E-state index is 0.407. The molecule has 69 valence electrons. The maximum Gasteiger partial charge on any atom is 0.305 e. The molecule has 0 amide bonds. The van der Waals surface area contributed by atoms with Crippen LogP contribution in [0.5, 0.6) is 5.75 Å². The topological polar surface area (TPSA) is 35.5 Å². The third kappa shape index (κ3) is 3.60. The molecule has 0 saturated heterocycles. The highest BCUT2D eigenvalue weighted by molar-refractivity contribution is 5.66. The van der Waals surface area contributed by atoms with Crippen LogP contribution < -0.4 is 4.74 Å². The van der Waals surface area contributed by atoms with Gasteiger partial charge in [0, 0.05) is 13.8 Å². The van der Waals surface area contributed by atoms with Gasteiger partial charge in [-0.3, -0.25) is 4.79 Å². The zero-order chi connectivity index (χ0) is 9.68. The van der Waals surface area contributed by atoms with Gasteiger partial charge in [0.05, 0.1) is 0 Å². The Morgan fingerprint density at radius 2 is 2.00 bits per heavy atom. The lowest BCUT2D eigenvalue weighted by molar-refractivity contribution is -0.155. The van der Waals surface area contributed by atoms with Crippen molar-refractivity contribution in [1.29, 1.82) is 0 Å². The van der Waals surface area contributed by atoms with Crippen molar-refractivity contribution >= 4 is 5.97 Å². The van der Waals surface area contributed by atoms with Crippen LogP contribution >= 0.6 is 0 Å². The van der Waals surface area contributed by atoms with Crippen molar-refractivity contribution in [2.45, 2.75) is 13.2 Å². The minimum Gasteiger partial charge on any atom is -0.455 e. The van der Waals surface area contributed by atoms with Gasteiger partial charge in [-0.25, -0.2) is 0 Å². The highest BCUT2D eigenvalue weighted by atomic mass is 16.7. The molecular weight excluding hydrogens is 168 g/mol. The molecule has 1 rings (SSSR count). The molecule has 0 spiro atoms. The summed E-state index contributed by atoms with van der Waals surface area (Å²) >= 11 is 0. The van der Waals surface area contributed by atoms with Crippen molar-refractivity contribution in [3.63, 3.8) is 0 Å². The van der Waals surface area contributed by atoms with Crippen LogP contribution in [0.15, 0.2) is 30.3 Å². The molecule has 0 bridgehead atoms. The monoisotopic (exact) mass is 179 g/mol. The van der Waals surface area contributed by atoms with E-state index in [1.807, 2.05) is 18.2 Å². The SMILES string of the molecule is [CH2]C(OC(C)=O)Oc1ccccc1. The van der Waals surface area contributed by atoms with E-state index < -0.39 is 12.3 Å². The number of hydrogen-bond donors (Lipinski definition) is 0. The highest BCUT2D eigenvalue weighted by Gasteiger charge is 2.05. The summed E-state index contributed by atoms with van der Waals surface area (Å²) in [4.78, 5) is 10.5. The van der Waals surface area contributed by atoms with E-state index in [0.717, 1.165) is 0 Å². The van der Waals surface area contributed by atoms with E-state index in [9.17, 15) is 4.79 Å². The first kappa shape index (κ1) is 9.58. The van der Waals surface area contributed by atoms with Gasteiger partial charge in [-0.05, 0) is 12.1 Å². The van der Waals surface area contributed by atoms with E-state index in [2.05, 4.69) is 11.7 Å². The second-order valence-electron chi connectivity index (χ2n) is 2.47. The Bertz CT molecular complexity index is 269. The summed E-state index contributed by atoms with van der Waals surface area (Å²) in [6.45, 7) is 4.82. The smallest absolute Gasteiger partial charge is 0.305 e. The molecule has 3 nitrogen and oxygen atoms in total. The predicted molar refractivity (Wildman–Crippen MR) is 48.0 cm³/mol. The van der Waals surface area contributed by atoms with Crippen LogP contribution in [0, 0.1) is 6.92 Å². The quantitative estimate of drug-likeness (QED) is 0.524. The van der Waals surface area contributed by atoms with E-state index in [1.165, 1.54) is 6.92 Å². The predicted octanol–water partition coefficient (Wildman–Crippen LogP) is 1.79. The van der Waals surface area contributed by atoms with E-state index >= 15 is 0 Å². The second kappa shape index (κ2) is 4.50. The van der Waals surface area contributed by atoms with Crippen LogP contribution in [0.4, 0.5) is 0 Å². The number of carbonyl (C=O) groups is 1. The molecule has 13 heavy (non-hydrogen) atoms. The normalized spacial score (nSPS) is 11.8. The molecule has 0 saturated carbocycles. The fourth-order valence-corrected chi connectivity index (χ4v) is 0.860. The summed E-state index contributed by atoms with van der Waals surface area (Å²) in [6.07, 6.45) is -0.792. The number of hydrogen-bond acceptors (Lipinski definition) is 3. The highest BCUT2D eigenvalue weighted by Crippen LogP contribution is 2.10. The fourth-order valence-electron chi connectivity index (χ4n) is 0.860. The molecule has 3 heteroatoms. The molecule has 0 aliphatic heterocycles. The van der Waals surface area contributed by atoms with Crippen molar-refractivity contribution in [3.8, 4) is 5.75 Å². The Hall–Kier alpha value is -1.51. The minimum atomic E-state index is -0.792. The summed E-state index contributed by atoms with van der Waals surface area (Å²) in [6, 6.07) is 9.06. The first-order valence-corrected chi connectivity index (χ1v) is 3.90. The Kier molecular flexibility index (Phi) is 3.31. The summed E-state index contributed by atoms with van der Waals surface area (Å²) in [5.74, 6) is 0.222. The van der Waals surface area contributed by atoms with Crippen LogP contribution in [0.2, 0.25) is 0 Å². The van der Waals surface area contributed by atoms with Crippen LogP contribution in [-0.2, 0) is 9.53 Å². The summed E-state index contributed by atoms with van der Waals surface area (Å²) in [5, 5.41) is 0. The molecule has 0 heterocycles. The first-order chi connectivity index (χ1) is 6.18. The van der Waals surface area contributed by atoms with Crippen molar-refractivity contribution in [2.75, 3.05) is 0 Å². The zero-order valence-corrected chi connectivity index (χ0v) is 7.40. The van der Waals surface area contributed by atoms with Crippen LogP contribution in [0.25, 0.3) is 0 Å². The van der Waals surface area contributed by atoms with Crippen molar-refractivity contribution < 1.29 is 14.3 Å². The third-order valence-electron chi connectivity index (χ3n) is 1.31. The van der Waals surface area contributed by atoms with Gasteiger partial charge in [-0.2, -0.15) is 0 Å². The number of benzene rings is 1. The standard InChI is InChI=1S/C10H11O3/c1-8(11)12-9(2)13-10-6-4-3-5-7-10/h3-7,9H,2H2,1H3. The number of ether oxygens (including phenoxy) is 2. The van der Waals surface area contributed by atoms with Crippen molar-refractivity contribution in [1.82, 2.24) is 0 Å². The Morgan fingerprint density at radius 3 is 2.54 bits per heavy atom. The van der Waals surface area contributed by atoms with Crippen LogP contribution in [0.1, 0.15) is 6.92 Å². The number of para-hydroxylation sites is 1. The number of esters is 1. The molecule has 0 aliphatic carbocycles. The summed E-state index contributed by atoms with van der Waals surface area (Å²) < 4.78 is 9.85. The van der Waals surface area contributed by atoms with Crippen LogP contribution in [-0.4, -0.2) is 12.3 Å². The lowest BCUT2D eigenvalue weighted by Crippen LogP contribution is -2.19. The summed E-state index contributed by atoms with van der Waals surface area (Å²) in [7, 11) is 0. The van der Waals surface area contributed by atoms with Gasteiger partial charge in [0.15, 0.2) is 0 Å². The average molecular weight is 179 g/mol. The summed E-state index contributed by atoms with van der Waals surface area (Å²) in [5.41, 5.74) is 0. The first-order valence-electron chi connectivity index (χ1n) is 3.90. The van der Waals surface area contributed by atoms with Gasteiger partial charge in [0.1, 0.15) is 5.75 Å². The molecule has 1 aromatic rings. The molecule has 0 fully saturated rings. The van der Waals surface area contributed by atoms with E-state index in [1.54, 1.807) is 12.1 Å². The van der Waals surface area contributed by atoms with Gasteiger partial charge < -0.3 is 9.47 Å². The maximum atomic E-state index is 10.5. The molecule has 1 aromatic carbocycles. The Labute approximate surface area is 77.3 Å². The largest absolute Gasteiger partial charge is 0.455 e. The van der Waals surface area contributed by atoms with E-state index in [-0.39, 0.29) is 0 Å².